The Balaban J connectivity index is 1.36. The number of nitrogens with one attached hydrogen (secondary N) is 1. The summed E-state index contributed by atoms with van der Waals surface area (Å²) in [6.07, 6.45) is 2.30. The summed E-state index contributed by atoms with van der Waals surface area (Å²) in [4.78, 5) is 56.0. The third-order valence-corrected chi connectivity index (χ3v) is 9.59. The SMILES string of the molecule is CCC[C@@]1(O)C(=O)OCc2c1cc1n(c2=O)Cc2c-1nc1cc(F)c(C)c3c1c2[C@@H](NC(=O)[C@H]1C[C@H](OC(C)=O)C1)CC3. The first kappa shape index (κ1) is 27.7. The van der Waals surface area contributed by atoms with Crippen LogP contribution in [0, 0.1) is 18.7 Å². The van der Waals surface area contributed by atoms with E-state index in [1.807, 2.05) is 6.92 Å². The van der Waals surface area contributed by atoms with Crippen LogP contribution in [-0.4, -0.2) is 38.6 Å². The smallest absolute Gasteiger partial charge is 0.343 e. The highest BCUT2D eigenvalue weighted by Gasteiger charge is 2.46. The maximum Gasteiger partial charge on any atom is 0.343 e. The number of carbonyl (C=O) groups excluding carboxylic acids is 3. The van der Waals surface area contributed by atoms with Gasteiger partial charge in [0.25, 0.3) is 5.56 Å². The Labute approximate surface area is 246 Å². The second-order valence-electron chi connectivity index (χ2n) is 12.2. The first-order chi connectivity index (χ1) is 20.5. The molecule has 2 aliphatic carbocycles. The van der Waals surface area contributed by atoms with Crippen LogP contribution in [0.25, 0.3) is 22.3 Å². The molecule has 0 unspecified atom stereocenters. The summed E-state index contributed by atoms with van der Waals surface area (Å²) in [5.41, 5.74) is 2.37. The molecule has 4 aliphatic rings. The summed E-state index contributed by atoms with van der Waals surface area (Å²) in [5, 5.41) is 15.4. The molecule has 2 N–H and O–H groups in total. The van der Waals surface area contributed by atoms with Crippen LogP contribution in [0.15, 0.2) is 16.9 Å². The van der Waals surface area contributed by atoms with Gasteiger partial charge >= 0.3 is 11.9 Å². The molecule has 1 saturated carbocycles. The van der Waals surface area contributed by atoms with Gasteiger partial charge in [-0.3, -0.25) is 14.4 Å². The number of hydrogen-bond acceptors (Lipinski definition) is 8. The van der Waals surface area contributed by atoms with Crippen molar-refractivity contribution in [3.63, 3.8) is 0 Å². The van der Waals surface area contributed by atoms with E-state index in [-0.39, 0.29) is 66.0 Å². The molecule has 1 aromatic carbocycles. The normalized spacial score (nSPS) is 24.9. The number of aryl methyl sites for hydroxylation is 1. The molecule has 43 heavy (non-hydrogen) atoms. The van der Waals surface area contributed by atoms with Crippen LogP contribution in [-0.2, 0) is 49.0 Å². The molecule has 4 heterocycles. The minimum atomic E-state index is -1.95. The Kier molecular flexibility index (Phi) is 6.25. The fraction of sp³-hybridized carbons (Fsp3) is 0.469. The first-order valence-electron chi connectivity index (χ1n) is 14.8. The molecular formula is C32H32FN3O7. The molecule has 2 aliphatic heterocycles. The van der Waals surface area contributed by atoms with E-state index in [4.69, 9.17) is 14.5 Å². The minimum Gasteiger partial charge on any atom is -0.463 e. The molecule has 0 saturated heterocycles. The van der Waals surface area contributed by atoms with Gasteiger partial charge in [0, 0.05) is 35.4 Å². The molecular weight excluding hydrogens is 557 g/mol. The lowest BCUT2D eigenvalue weighted by Crippen LogP contribution is -2.44. The van der Waals surface area contributed by atoms with Crippen LogP contribution < -0.4 is 10.9 Å². The van der Waals surface area contributed by atoms with E-state index in [1.165, 1.54) is 13.0 Å². The van der Waals surface area contributed by atoms with Crippen molar-refractivity contribution < 1.29 is 33.4 Å². The lowest BCUT2D eigenvalue weighted by atomic mass is 9.79. The average Bonchev–Trinajstić information content (AvgIpc) is 3.31. The molecule has 3 aromatic rings. The van der Waals surface area contributed by atoms with Gasteiger partial charge < -0.3 is 24.5 Å². The van der Waals surface area contributed by atoms with Crippen LogP contribution in [0.1, 0.15) is 85.4 Å². The monoisotopic (exact) mass is 589 g/mol. The van der Waals surface area contributed by atoms with E-state index in [1.54, 1.807) is 17.6 Å². The second kappa shape index (κ2) is 9.70. The van der Waals surface area contributed by atoms with Gasteiger partial charge in [0.1, 0.15) is 18.5 Å². The number of fused-ring (bicyclic) bond motifs is 5. The molecule has 11 heteroatoms. The molecule has 224 valence electrons. The van der Waals surface area contributed by atoms with E-state index in [9.17, 15) is 24.3 Å². The maximum absolute atomic E-state index is 15.1. The maximum atomic E-state index is 15.1. The van der Waals surface area contributed by atoms with Crippen molar-refractivity contribution in [1.29, 1.82) is 0 Å². The molecule has 2 aromatic heterocycles. The number of aliphatic hydroxyl groups is 1. The number of cyclic esters (lactones) is 1. The molecule has 0 bridgehead atoms. The van der Waals surface area contributed by atoms with Crippen molar-refractivity contribution in [1.82, 2.24) is 14.9 Å². The summed E-state index contributed by atoms with van der Waals surface area (Å²) < 4.78 is 27.1. The number of pyridine rings is 2. The summed E-state index contributed by atoms with van der Waals surface area (Å²) >= 11 is 0. The van der Waals surface area contributed by atoms with Crippen molar-refractivity contribution >= 4 is 28.7 Å². The summed E-state index contributed by atoms with van der Waals surface area (Å²) in [6.45, 7) is 4.86. The number of halogens is 1. The number of aromatic nitrogens is 2. The van der Waals surface area contributed by atoms with E-state index >= 15 is 4.39 Å². The van der Waals surface area contributed by atoms with Gasteiger partial charge in [0.2, 0.25) is 5.91 Å². The number of carbonyl (C=O) groups is 3. The predicted molar refractivity (Wildman–Crippen MR) is 151 cm³/mol. The zero-order valence-corrected chi connectivity index (χ0v) is 24.2. The van der Waals surface area contributed by atoms with Crippen molar-refractivity contribution in [2.45, 2.75) is 90.2 Å². The lowest BCUT2D eigenvalue weighted by molar-refractivity contribution is -0.172. The van der Waals surface area contributed by atoms with Gasteiger partial charge in [-0.2, -0.15) is 0 Å². The molecule has 1 amide bonds. The molecule has 0 spiro atoms. The Morgan fingerprint density at radius 2 is 2.00 bits per heavy atom. The van der Waals surface area contributed by atoms with Crippen LogP contribution in [0.2, 0.25) is 0 Å². The molecule has 2 atom stereocenters. The Bertz CT molecular complexity index is 1830. The number of amides is 1. The van der Waals surface area contributed by atoms with Gasteiger partial charge in [0.05, 0.1) is 35.1 Å². The number of ether oxygens (including phenoxy) is 2. The Morgan fingerprint density at radius 3 is 2.72 bits per heavy atom. The van der Waals surface area contributed by atoms with Crippen LogP contribution in [0.5, 0.6) is 0 Å². The van der Waals surface area contributed by atoms with Gasteiger partial charge in [-0.15, -0.1) is 0 Å². The first-order valence-corrected chi connectivity index (χ1v) is 14.8. The summed E-state index contributed by atoms with van der Waals surface area (Å²) in [6, 6.07) is 2.63. The van der Waals surface area contributed by atoms with E-state index < -0.39 is 17.6 Å². The highest BCUT2D eigenvalue weighted by Crippen LogP contribution is 2.46. The second-order valence-corrected chi connectivity index (χ2v) is 12.2. The third kappa shape index (κ3) is 4.04. The van der Waals surface area contributed by atoms with Crippen molar-refractivity contribution in [2.24, 2.45) is 5.92 Å². The summed E-state index contributed by atoms with van der Waals surface area (Å²) in [5.74, 6) is -1.96. The zero-order chi connectivity index (χ0) is 30.4. The van der Waals surface area contributed by atoms with Crippen molar-refractivity contribution in [2.75, 3.05) is 0 Å². The van der Waals surface area contributed by atoms with Crippen LogP contribution in [0.4, 0.5) is 4.39 Å². The molecule has 0 radical (unpaired) electrons. The van der Waals surface area contributed by atoms with Gasteiger partial charge in [-0.1, -0.05) is 13.3 Å². The van der Waals surface area contributed by atoms with E-state index in [0.29, 0.717) is 54.6 Å². The predicted octanol–water partition coefficient (Wildman–Crippen LogP) is 3.36. The number of esters is 2. The van der Waals surface area contributed by atoms with E-state index in [0.717, 1.165) is 22.1 Å². The van der Waals surface area contributed by atoms with Gasteiger partial charge in [-0.05, 0) is 61.8 Å². The summed E-state index contributed by atoms with van der Waals surface area (Å²) in [7, 11) is 0. The van der Waals surface area contributed by atoms with Crippen molar-refractivity contribution in [3.8, 4) is 11.4 Å². The fourth-order valence-corrected chi connectivity index (χ4v) is 7.36. The zero-order valence-electron chi connectivity index (χ0n) is 24.2. The Hall–Kier alpha value is -4.12. The molecule has 1 fully saturated rings. The van der Waals surface area contributed by atoms with Crippen molar-refractivity contribution in [3.05, 3.63) is 61.7 Å². The highest BCUT2D eigenvalue weighted by atomic mass is 19.1. The number of nitrogens with zero attached hydrogens (tertiary/aromatic N) is 2. The molecule has 7 rings (SSSR count). The number of rotatable bonds is 5. The average molecular weight is 590 g/mol. The fourth-order valence-electron chi connectivity index (χ4n) is 7.36. The van der Waals surface area contributed by atoms with Gasteiger partial charge in [0.15, 0.2) is 5.60 Å². The topological polar surface area (TPSA) is 137 Å². The standard InChI is InChI=1S/C32H32FN3O7/c1-4-7-32(41)21-10-25-28-19(12-36(25)30(39)20(21)13-42-31(32)40)27-23(35-29(38)16-8-17(9-16)43-15(3)37)6-5-18-14(2)22(33)11-24(34-28)26(18)27/h10-11,16-17,23,41H,4-9,12-13H2,1-3H3,(H,35,38)/t16-,17-,23-,32-/m0/s1. The number of hydrogen-bond donors (Lipinski definition) is 2. The Morgan fingerprint density at radius 1 is 1.23 bits per heavy atom. The largest absolute Gasteiger partial charge is 0.463 e. The quantitative estimate of drug-likeness (QED) is 0.338. The van der Waals surface area contributed by atoms with Crippen LogP contribution in [0.3, 0.4) is 0 Å². The third-order valence-electron chi connectivity index (χ3n) is 9.59. The van der Waals surface area contributed by atoms with Crippen LogP contribution >= 0.6 is 0 Å². The minimum absolute atomic E-state index is 0.0897. The highest BCUT2D eigenvalue weighted by molar-refractivity contribution is 5.94. The van der Waals surface area contributed by atoms with E-state index in [2.05, 4.69) is 5.32 Å². The van der Waals surface area contributed by atoms with Gasteiger partial charge in [-0.25, -0.2) is 14.2 Å². The lowest BCUT2D eigenvalue weighted by Gasteiger charge is -2.36. The molecule has 10 nitrogen and oxygen atoms in total. The number of benzene rings is 1.